The molecule has 6 heteroatoms. The van der Waals surface area contributed by atoms with Crippen molar-refractivity contribution in [3.8, 4) is 0 Å². The van der Waals surface area contributed by atoms with Crippen LogP contribution in [0.5, 0.6) is 0 Å². The number of rotatable bonds is 2. The van der Waals surface area contributed by atoms with Crippen LogP contribution in [0.25, 0.3) is 0 Å². The third-order valence-corrected chi connectivity index (χ3v) is 2.49. The van der Waals surface area contributed by atoms with Gasteiger partial charge in [-0.25, -0.2) is 0 Å². The Morgan fingerprint density at radius 3 is 2.42 bits per heavy atom. The molecular formula is C6H5BrClNO2S. The zero-order valence-electron chi connectivity index (χ0n) is 5.79. The predicted octanol–water partition coefficient (Wildman–Crippen LogP) is 2.34. The molecule has 0 fully saturated rings. The summed E-state index contributed by atoms with van der Waals surface area (Å²) in [6.45, 7) is 0. The molecule has 3 nitrogen and oxygen atoms in total. The third-order valence-electron chi connectivity index (χ3n) is 1.11. The van der Waals surface area contributed by atoms with E-state index in [-0.39, 0.29) is 0 Å². The van der Waals surface area contributed by atoms with Crippen molar-refractivity contribution in [2.75, 3.05) is 4.72 Å². The van der Waals surface area contributed by atoms with Gasteiger partial charge in [-0.05, 0) is 28.1 Å². The minimum atomic E-state index is -3.71. The van der Waals surface area contributed by atoms with Crippen LogP contribution in [-0.2, 0) is 9.24 Å². The predicted molar refractivity (Wildman–Crippen MR) is 52.5 cm³/mol. The van der Waals surface area contributed by atoms with Gasteiger partial charge < -0.3 is 0 Å². The van der Waals surface area contributed by atoms with Gasteiger partial charge in [-0.15, -0.1) is 0 Å². The minimum absolute atomic E-state index is 0.424. The van der Waals surface area contributed by atoms with E-state index in [1.165, 1.54) is 0 Å². The molecule has 0 amide bonds. The van der Waals surface area contributed by atoms with Gasteiger partial charge >= 0.3 is 9.24 Å². The van der Waals surface area contributed by atoms with E-state index in [9.17, 15) is 8.42 Å². The van der Waals surface area contributed by atoms with Gasteiger partial charge in [0.1, 0.15) is 0 Å². The van der Waals surface area contributed by atoms with Crippen LogP contribution in [0.1, 0.15) is 0 Å². The molecule has 0 bridgehead atoms. The van der Waals surface area contributed by atoms with Crippen molar-refractivity contribution in [2.45, 2.75) is 0 Å². The second-order valence-corrected chi connectivity index (χ2v) is 5.17. The van der Waals surface area contributed by atoms with E-state index >= 15 is 0 Å². The van der Waals surface area contributed by atoms with Crippen LogP contribution in [0.2, 0.25) is 0 Å². The monoisotopic (exact) mass is 269 g/mol. The van der Waals surface area contributed by atoms with Gasteiger partial charge in [0, 0.05) is 15.2 Å². The third kappa shape index (κ3) is 3.00. The Morgan fingerprint density at radius 2 is 1.92 bits per heavy atom. The molecule has 0 atom stereocenters. The summed E-state index contributed by atoms with van der Waals surface area (Å²) in [7, 11) is 1.27. The largest absolute Gasteiger partial charge is 0.319 e. The summed E-state index contributed by atoms with van der Waals surface area (Å²) in [5, 5.41) is 0. The second-order valence-electron chi connectivity index (χ2n) is 2.02. The molecule has 0 radical (unpaired) electrons. The van der Waals surface area contributed by atoms with Gasteiger partial charge in [-0.3, -0.25) is 4.72 Å². The van der Waals surface area contributed by atoms with Crippen LogP contribution in [0, 0.1) is 0 Å². The number of hydrogen-bond donors (Lipinski definition) is 1. The van der Waals surface area contributed by atoms with E-state index in [2.05, 4.69) is 20.7 Å². The van der Waals surface area contributed by atoms with Gasteiger partial charge in [0.25, 0.3) is 0 Å². The van der Waals surface area contributed by atoms with E-state index in [0.29, 0.717) is 10.2 Å². The molecule has 0 saturated heterocycles. The summed E-state index contributed by atoms with van der Waals surface area (Å²) in [5.41, 5.74) is 0.424. The van der Waals surface area contributed by atoms with E-state index < -0.39 is 9.24 Å². The van der Waals surface area contributed by atoms with E-state index in [0.717, 1.165) is 0 Å². The first-order chi connectivity index (χ1) is 5.49. The Morgan fingerprint density at radius 1 is 1.33 bits per heavy atom. The fourth-order valence-electron chi connectivity index (χ4n) is 0.675. The lowest BCUT2D eigenvalue weighted by atomic mass is 10.3. The highest BCUT2D eigenvalue weighted by Gasteiger charge is 2.05. The summed E-state index contributed by atoms with van der Waals surface area (Å²) >= 11 is 3.16. The Bertz CT molecular complexity index is 379. The topological polar surface area (TPSA) is 46.2 Å². The van der Waals surface area contributed by atoms with Crippen molar-refractivity contribution in [1.29, 1.82) is 0 Å². The van der Waals surface area contributed by atoms with Crippen LogP contribution < -0.4 is 4.72 Å². The van der Waals surface area contributed by atoms with Crippen LogP contribution in [0.15, 0.2) is 28.7 Å². The number of nitrogens with one attached hydrogen (secondary N) is 1. The first-order valence-electron chi connectivity index (χ1n) is 2.96. The molecule has 66 valence electrons. The smallest absolute Gasteiger partial charge is 0.270 e. The van der Waals surface area contributed by atoms with Gasteiger partial charge in [0.15, 0.2) is 0 Å². The normalized spacial score (nSPS) is 11.2. The molecule has 0 aliphatic heterocycles. The molecule has 1 N–H and O–H groups in total. The molecule has 0 heterocycles. The Hall–Kier alpha value is -0.260. The number of hydrogen-bond acceptors (Lipinski definition) is 2. The average molecular weight is 271 g/mol. The van der Waals surface area contributed by atoms with Gasteiger partial charge in [-0.2, -0.15) is 8.42 Å². The summed E-state index contributed by atoms with van der Waals surface area (Å²) in [6.07, 6.45) is 0. The van der Waals surface area contributed by atoms with Crippen LogP contribution in [0.3, 0.4) is 0 Å². The second kappa shape index (κ2) is 3.64. The summed E-state index contributed by atoms with van der Waals surface area (Å²) < 4.78 is 24.0. The zero-order chi connectivity index (χ0) is 9.19. The maximum Gasteiger partial charge on any atom is 0.319 e. The fraction of sp³-hybridized carbons (Fsp3) is 0. The van der Waals surface area contributed by atoms with Crippen LogP contribution >= 0.6 is 26.6 Å². The molecule has 1 aromatic carbocycles. The lowest BCUT2D eigenvalue weighted by Gasteiger charge is -2.02. The highest BCUT2D eigenvalue weighted by Crippen LogP contribution is 2.22. The van der Waals surface area contributed by atoms with Crippen molar-refractivity contribution in [2.24, 2.45) is 0 Å². The minimum Gasteiger partial charge on any atom is -0.270 e. The summed E-state index contributed by atoms with van der Waals surface area (Å²) in [5.74, 6) is 0. The number of anilines is 1. The molecule has 0 aliphatic carbocycles. The molecule has 1 rings (SSSR count). The molecule has 0 saturated carbocycles. The first-order valence-corrected chi connectivity index (χ1v) is 6.06. The van der Waals surface area contributed by atoms with Crippen LogP contribution in [0.4, 0.5) is 5.69 Å². The molecule has 0 unspecified atom stereocenters. The average Bonchev–Trinajstić information content (AvgIpc) is 1.91. The van der Waals surface area contributed by atoms with Crippen LogP contribution in [-0.4, -0.2) is 8.42 Å². The van der Waals surface area contributed by atoms with Crippen molar-refractivity contribution >= 4 is 41.5 Å². The van der Waals surface area contributed by atoms with Gasteiger partial charge in [0.2, 0.25) is 0 Å². The quantitative estimate of drug-likeness (QED) is 0.839. The summed E-state index contributed by atoms with van der Waals surface area (Å²) in [6, 6.07) is 6.79. The number of benzene rings is 1. The molecule has 12 heavy (non-hydrogen) atoms. The number of halogens is 2. The maximum atomic E-state index is 10.6. The van der Waals surface area contributed by atoms with Crippen molar-refractivity contribution < 1.29 is 8.42 Å². The Balaban J connectivity index is 2.98. The van der Waals surface area contributed by atoms with E-state index in [1.807, 2.05) is 0 Å². The highest BCUT2D eigenvalue weighted by atomic mass is 79.9. The van der Waals surface area contributed by atoms with Crippen molar-refractivity contribution in [3.05, 3.63) is 28.7 Å². The van der Waals surface area contributed by atoms with Gasteiger partial charge in [-0.1, -0.05) is 12.1 Å². The maximum absolute atomic E-state index is 10.6. The van der Waals surface area contributed by atoms with Gasteiger partial charge in [0.05, 0.1) is 5.69 Å². The molecule has 0 aromatic heterocycles. The summed E-state index contributed by atoms with van der Waals surface area (Å²) in [4.78, 5) is 0. The SMILES string of the molecule is O=S(=O)(Cl)Nc1ccccc1Br. The van der Waals surface area contributed by atoms with E-state index in [4.69, 9.17) is 10.7 Å². The Kier molecular flexibility index (Phi) is 2.98. The highest BCUT2D eigenvalue weighted by molar-refractivity contribution is 9.10. The lowest BCUT2D eigenvalue weighted by molar-refractivity contribution is 0.614. The standard InChI is InChI=1S/C6H5BrClNO2S/c7-5-3-1-2-4-6(5)9-12(8,10)11/h1-4,9H. The number of para-hydroxylation sites is 1. The first kappa shape index (κ1) is 9.83. The molecular weight excluding hydrogens is 265 g/mol. The molecule has 1 aromatic rings. The van der Waals surface area contributed by atoms with E-state index in [1.54, 1.807) is 24.3 Å². The lowest BCUT2D eigenvalue weighted by Crippen LogP contribution is -2.04. The zero-order valence-corrected chi connectivity index (χ0v) is 8.95. The fourth-order valence-corrected chi connectivity index (χ4v) is 1.88. The molecule has 0 aliphatic rings. The Labute approximate surface area is 83.4 Å². The van der Waals surface area contributed by atoms with Crippen molar-refractivity contribution in [3.63, 3.8) is 0 Å². The molecule has 0 spiro atoms. The van der Waals surface area contributed by atoms with Crippen molar-refractivity contribution in [1.82, 2.24) is 0 Å².